The normalized spacial score (nSPS) is 43.4. The van der Waals surface area contributed by atoms with Crippen LogP contribution < -0.4 is 0 Å². The van der Waals surface area contributed by atoms with Crippen molar-refractivity contribution < 1.29 is 14.6 Å². The Balaban J connectivity index is 1.30. The van der Waals surface area contributed by atoms with Crippen molar-refractivity contribution in [3.8, 4) is 0 Å². The van der Waals surface area contributed by atoms with Gasteiger partial charge in [0.05, 0.1) is 19.3 Å². The first-order valence-electron chi connectivity index (χ1n) is 13.0. The molecule has 0 radical (unpaired) electrons. The van der Waals surface area contributed by atoms with Gasteiger partial charge in [0, 0.05) is 31.4 Å². The molecule has 4 aliphatic rings. The maximum atomic E-state index is 13.4. The monoisotopic (exact) mass is 442 g/mol. The van der Waals surface area contributed by atoms with Crippen LogP contribution in [0.25, 0.3) is 0 Å². The van der Waals surface area contributed by atoms with Gasteiger partial charge in [-0.25, -0.2) is 0 Å². The zero-order chi connectivity index (χ0) is 22.5. The molecule has 1 N–H and O–H groups in total. The summed E-state index contributed by atoms with van der Waals surface area (Å²) in [6.07, 6.45) is 15.1. The number of methoxy groups -OCH3 is 1. The van der Waals surface area contributed by atoms with E-state index in [0.717, 1.165) is 42.3 Å². The molecule has 7 unspecified atom stereocenters. The first kappa shape index (κ1) is 22.6. The summed E-state index contributed by atoms with van der Waals surface area (Å²) in [6, 6.07) is 0. The Hall–Kier alpha value is -1.20. The number of Topliss-reactive ketones (excluding diaryl/α,β-unsaturated/α-hetero) is 1. The summed E-state index contributed by atoms with van der Waals surface area (Å²) in [5.74, 6) is 4.48. The number of hydrogen-bond donors (Lipinski definition) is 1. The van der Waals surface area contributed by atoms with Gasteiger partial charge in [0.25, 0.3) is 0 Å². The number of hydrogen-bond acceptors (Lipinski definition) is 4. The smallest absolute Gasteiger partial charge is 0.157 e. The Bertz CT molecular complexity index is 837. The van der Waals surface area contributed by atoms with Gasteiger partial charge in [-0.2, -0.15) is 5.10 Å². The zero-order valence-corrected chi connectivity index (χ0v) is 20.3. The van der Waals surface area contributed by atoms with Crippen LogP contribution in [0.3, 0.4) is 0 Å². The molecular weight excluding hydrogens is 400 g/mol. The van der Waals surface area contributed by atoms with Crippen LogP contribution in [0.2, 0.25) is 0 Å². The summed E-state index contributed by atoms with van der Waals surface area (Å²) in [5.41, 5.74) is 1.42. The molecule has 8 atom stereocenters. The Labute approximate surface area is 193 Å². The first-order valence-corrected chi connectivity index (χ1v) is 13.0. The first-order chi connectivity index (χ1) is 15.4. The third-order valence-corrected chi connectivity index (χ3v) is 10.8. The highest BCUT2D eigenvalue weighted by molar-refractivity contribution is 5.82. The minimum absolute atomic E-state index is 0.0214. The Morgan fingerprint density at radius 3 is 2.66 bits per heavy atom. The number of fused-ring (bicyclic) bond motifs is 5. The van der Waals surface area contributed by atoms with Crippen molar-refractivity contribution in [1.29, 1.82) is 0 Å². The predicted molar refractivity (Wildman–Crippen MR) is 124 cm³/mol. The number of ketones is 1. The van der Waals surface area contributed by atoms with E-state index in [4.69, 9.17) is 4.74 Å². The van der Waals surface area contributed by atoms with E-state index < -0.39 is 0 Å². The summed E-state index contributed by atoms with van der Waals surface area (Å²) in [6.45, 7) is 6.32. The lowest BCUT2D eigenvalue weighted by Crippen LogP contribution is -2.54. The zero-order valence-electron chi connectivity index (χ0n) is 20.3. The molecule has 5 nitrogen and oxygen atoms in total. The lowest BCUT2D eigenvalue weighted by molar-refractivity contribution is -0.138. The highest BCUT2D eigenvalue weighted by atomic mass is 16.5. The van der Waals surface area contributed by atoms with Crippen molar-refractivity contribution in [2.75, 3.05) is 13.7 Å². The fraction of sp³-hybridized carbons (Fsp3) is 0.852. The minimum Gasteiger partial charge on any atom is -0.392 e. The Morgan fingerprint density at radius 1 is 1.12 bits per heavy atom. The molecule has 4 fully saturated rings. The number of ether oxygens (including phenoxy) is 1. The third kappa shape index (κ3) is 3.58. The average molecular weight is 443 g/mol. The van der Waals surface area contributed by atoms with Gasteiger partial charge < -0.3 is 9.84 Å². The van der Waals surface area contributed by atoms with Crippen LogP contribution in [-0.2, 0) is 22.7 Å². The Kier molecular flexibility index (Phi) is 6.03. The van der Waals surface area contributed by atoms with Gasteiger partial charge in [-0.3, -0.25) is 9.48 Å². The lowest BCUT2D eigenvalue weighted by atomic mass is 9.44. The van der Waals surface area contributed by atoms with E-state index in [1.54, 1.807) is 10.9 Å². The summed E-state index contributed by atoms with van der Waals surface area (Å²) >= 11 is 0. The van der Waals surface area contributed by atoms with Crippen LogP contribution in [0, 0.1) is 46.3 Å². The van der Waals surface area contributed by atoms with Gasteiger partial charge in [0.15, 0.2) is 5.78 Å². The molecule has 0 spiro atoms. The summed E-state index contributed by atoms with van der Waals surface area (Å²) in [7, 11) is 1.85. The van der Waals surface area contributed by atoms with E-state index >= 15 is 0 Å². The van der Waals surface area contributed by atoms with E-state index in [2.05, 4.69) is 18.9 Å². The van der Waals surface area contributed by atoms with Crippen LogP contribution in [0.4, 0.5) is 0 Å². The molecule has 32 heavy (non-hydrogen) atoms. The van der Waals surface area contributed by atoms with Crippen LogP contribution in [0.1, 0.15) is 77.2 Å². The average Bonchev–Trinajstić information content (AvgIpc) is 3.37. The van der Waals surface area contributed by atoms with Gasteiger partial charge in [-0.15, -0.1) is 0 Å². The predicted octanol–water partition coefficient (Wildman–Crippen LogP) is 4.87. The number of aromatic nitrogens is 2. The van der Waals surface area contributed by atoms with Gasteiger partial charge in [-0.05, 0) is 98.2 Å². The molecule has 0 bridgehead atoms. The largest absolute Gasteiger partial charge is 0.392 e. The third-order valence-electron chi connectivity index (χ3n) is 10.8. The lowest BCUT2D eigenvalue weighted by Gasteiger charge is -2.61. The van der Waals surface area contributed by atoms with Crippen LogP contribution >= 0.6 is 0 Å². The van der Waals surface area contributed by atoms with Crippen LogP contribution in [0.5, 0.6) is 0 Å². The molecule has 1 aromatic rings. The van der Waals surface area contributed by atoms with Crippen LogP contribution in [0.15, 0.2) is 12.4 Å². The van der Waals surface area contributed by atoms with Gasteiger partial charge in [0.1, 0.15) is 0 Å². The van der Waals surface area contributed by atoms with E-state index in [1.165, 1.54) is 51.4 Å². The molecule has 178 valence electrons. The maximum absolute atomic E-state index is 13.4. The summed E-state index contributed by atoms with van der Waals surface area (Å²) < 4.78 is 7.23. The number of rotatable bonds is 6. The second-order valence-corrected chi connectivity index (χ2v) is 12.1. The van der Waals surface area contributed by atoms with E-state index in [9.17, 15) is 9.90 Å². The van der Waals surface area contributed by atoms with Gasteiger partial charge >= 0.3 is 0 Å². The number of nitrogens with zero attached hydrogens (tertiary/aromatic N) is 2. The number of carbonyl (C=O) groups excluding carboxylic acids is 1. The fourth-order valence-corrected chi connectivity index (χ4v) is 9.11. The minimum atomic E-state index is -0.0214. The molecule has 5 rings (SSSR count). The van der Waals surface area contributed by atoms with E-state index in [0.29, 0.717) is 23.7 Å². The SMILES string of the molecule is COCC1CCC2(C)C(CCC3C2CC[C@]2(C)C(C(=O)Cn4cc(CO)cn4)CCC32)C1. The maximum Gasteiger partial charge on any atom is 0.157 e. The van der Waals surface area contributed by atoms with Crippen molar-refractivity contribution in [1.82, 2.24) is 9.78 Å². The van der Waals surface area contributed by atoms with Crippen molar-refractivity contribution in [2.24, 2.45) is 46.3 Å². The van der Waals surface area contributed by atoms with Crippen molar-refractivity contribution in [3.63, 3.8) is 0 Å². The van der Waals surface area contributed by atoms with Crippen molar-refractivity contribution in [3.05, 3.63) is 18.0 Å². The van der Waals surface area contributed by atoms with E-state index in [-0.39, 0.29) is 17.9 Å². The quantitative estimate of drug-likeness (QED) is 0.683. The van der Waals surface area contributed by atoms with Crippen molar-refractivity contribution >= 4 is 5.78 Å². The number of aliphatic hydroxyl groups is 1. The molecule has 5 heteroatoms. The van der Waals surface area contributed by atoms with Crippen molar-refractivity contribution in [2.45, 2.75) is 84.8 Å². The number of carbonyl (C=O) groups is 1. The molecule has 0 aliphatic heterocycles. The van der Waals surface area contributed by atoms with Crippen LogP contribution in [-0.4, -0.2) is 34.4 Å². The van der Waals surface area contributed by atoms with E-state index in [1.807, 2.05) is 13.3 Å². The highest BCUT2D eigenvalue weighted by Gasteiger charge is 2.61. The van der Waals surface area contributed by atoms with Gasteiger partial charge in [-0.1, -0.05) is 13.8 Å². The summed E-state index contributed by atoms with van der Waals surface area (Å²) in [4.78, 5) is 13.4. The topological polar surface area (TPSA) is 64.3 Å². The molecule has 0 amide bonds. The highest BCUT2D eigenvalue weighted by Crippen LogP contribution is 2.67. The van der Waals surface area contributed by atoms with Gasteiger partial charge in [0.2, 0.25) is 0 Å². The summed E-state index contributed by atoms with van der Waals surface area (Å²) in [5, 5.41) is 13.6. The molecule has 4 aliphatic carbocycles. The Morgan fingerprint density at radius 2 is 1.91 bits per heavy atom. The number of aliphatic hydroxyl groups excluding tert-OH is 1. The molecule has 0 aromatic carbocycles. The second-order valence-electron chi connectivity index (χ2n) is 12.1. The second kappa shape index (κ2) is 8.54. The molecule has 4 saturated carbocycles. The molecule has 1 aromatic heterocycles. The standard InChI is InChI=1S/C27H42N2O3/c1-26-10-8-18(17-32-3)12-20(26)4-5-21-22-6-7-24(27(22,2)11-9-23(21)26)25(31)15-29-14-19(16-30)13-28-29/h13-14,18,20-24,30H,4-12,15-17H2,1-3H3/t18?,20?,21?,22?,23?,24?,26?,27-/m0/s1. The molecular formula is C27H42N2O3. The molecule has 0 saturated heterocycles. The fourth-order valence-electron chi connectivity index (χ4n) is 9.11. The molecule has 1 heterocycles.